The van der Waals surface area contributed by atoms with E-state index in [1.165, 1.54) is 0 Å². The van der Waals surface area contributed by atoms with Gasteiger partial charge >= 0.3 is 0 Å². The summed E-state index contributed by atoms with van der Waals surface area (Å²) < 4.78 is 34.6. The van der Waals surface area contributed by atoms with Gasteiger partial charge in [0.2, 0.25) is 0 Å². The minimum atomic E-state index is -0.781. The maximum atomic E-state index is 6.30. The average Bonchev–Trinajstić information content (AvgIpc) is 3.26. The molecule has 1 aromatic carbocycles. The molecule has 0 aromatic heterocycles. The Kier molecular flexibility index (Phi) is 4.09. The fraction of sp³-hybridized carbons (Fsp3) is 0.625. The van der Waals surface area contributed by atoms with Crippen molar-refractivity contribution >= 4 is 11.6 Å². The summed E-state index contributed by atoms with van der Waals surface area (Å²) in [5.41, 5.74) is -0.344. The zero-order valence-electron chi connectivity index (χ0n) is 12.9. The Bertz CT molecular complexity index is 557. The molecule has 7 heteroatoms. The van der Waals surface area contributed by atoms with Crippen molar-refractivity contribution < 1.29 is 28.4 Å². The van der Waals surface area contributed by atoms with Crippen LogP contribution >= 0.6 is 11.6 Å². The highest BCUT2D eigenvalue weighted by Crippen LogP contribution is 2.54. The molecule has 4 rings (SSSR count). The van der Waals surface area contributed by atoms with E-state index < -0.39 is 29.8 Å². The summed E-state index contributed by atoms with van der Waals surface area (Å²) in [6.07, 6.45) is -2.24. The largest absolute Gasteiger partial charge is 0.373 e. The van der Waals surface area contributed by atoms with Gasteiger partial charge in [-0.3, -0.25) is 0 Å². The SMILES string of the molecule is CO[C@H]1O[C@@H]2COC(c3ccccc3)O[C@H]2[C@]2(O[C@H]2Cl)[C@H]1OC. The summed E-state index contributed by atoms with van der Waals surface area (Å²) in [4.78, 5) is 0. The molecule has 0 amide bonds. The number of methoxy groups -OCH3 is 2. The number of epoxide rings is 1. The summed E-state index contributed by atoms with van der Waals surface area (Å²) in [5, 5.41) is 0. The molecule has 0 radical (unpaired) electrons. The molecule has 0 N–H and O–H groups in total. The number of ether oxygens (including phenoxy) is 6. The molecule has 3 saturated heterocycles. The minimum absolute atomic E-state index is 0.324. The van der Waals surface area contributed by atoms with Gasteiger partial charge in [0.25, 0.3) is 0 Å². The van der Waals surface area contributed by atoms with Gasteiger partial charge in [0.15, 0.2) is 23.7 Å². The van der Waals surface area contributed by atoms with Crippen LogP contribution in [0.25, 0.3) is 0 Å². The number of hydrogen-bond acceptors (Lipinski definition) is 6. The fourth-order valence-electron chi connectivity index (χ4n) is 3.45. The normalized spacial score (nSPS) is 45.7. The van der Waals surface area contributed by atoms with E-state index >= 15 is 0 Å². The number of halogens is 1. The molecule has 3 fully saturated rings. The van der Waals surface area contributed by atoms with Gasteiger partial charge in [0.05, 0.1) is 6.61 Å². The third-order valence-electron chi connectivity index (χ3n) is 4.63. The van der Waals surface area contributed by atoms with Crippen LogP contribution in [0, 0.1) is 0 Å². The lowest BCUT2D eigenvalue weighted by molar-refractivity contribution is -0.354. The van der Waals surface area contributed by atoms with Crippen LogP contribution < -0.4 is 0 Å². The Balaban J connectivity index is 1.61. The second kappa shape index (κ2) is 5.97. The van der Waals surface area contributed by atoms with Crippen LogP contribution in [0.1, 0.15) is 11.9 Å². The molecule has 1 aromatic rings. The summed E-state index contributed by atoms with van der Waals surface area (Å²) in [6, 6.07) is 9.75. The van der Waals surface area contributed by atoms with Crippen LogP contribution in [0.3, 0.4) is 0 Å². The highest BCUT2D eigenvalue weighted by molar-refractivity contribution is 6.22. The Morgan fingerprint density at radius 1 is 1.13 bits per heavy atom. The van der Waals surface area contributed by atoms with Crippen molar-refractivity contribution in [2.45, 2.75) is 42.1 Å². The first-order valence-electron chi connectivity index (χ1n) is 7.55. The molecule has 0 bridgehead atoms. The van der Waals surface area contributed by atoms with E-state index in [9.17, 15) is 0 Å². The highest BCUT2D eigenvalue weighted by Gasteiger charge is 2.74. The van der Waals surface area contributed by atoms with Crippen molar-refractivity contribution in [2.24, 2.45) is 0 Å². The van der Waals surface area contributed by atoms with Crippen LogP contribution in [-0.2, 0) is 28.4 Å². The predicted molar refractivity (Wildman–Crippen MR) is 79.9 cm³/mol. The lowest BCUT2D eigenvalue weighted by atomic mass is 9.88. The van der Waals surface area contributed by atoms with E-state index in [0.29, 0.717) is 6.61 Å². The van der Waals surface area contributed by atoms with E-state index in [0.717, 1.165) is 5.56 Å². The van der Waals surface area contributed by atoms with Crippen LogP contribution in [0.4, 0.5) is 0 Å². The zero-order chi connectivity index (χ0) is 16.0. The first-order chi connectivity index (χ1) is 11.2. The lowest BCUT2D eigenvalue weighted by Gasteiger charge is -2.47. The Morgan fingerprint density at radius 2 is 1.87 bits per heavy atom. The average molecular weight is 343 g/mol. The summed E-state index contributed by atoms with van der Waals surface area (Å²) in [6.45, 7) is 0.370. The van der Waals surface area contributed by atoms with Crippen LogP contribution in [0.5, 0.6) is 0 Å². The van der Waals surface area contributed by atoms with Crippen LogP contribution in [0.15, 0.2) is 30.3 Å². The number of fused-ring (bicyclic) bond motifs is 2. The first kappa shape index (κ1) is 15.8. The van der Waals surface area contributed by atoms with Crippen LogP contribution in [-0.4, -0.2) is 56.6 Å². The maximum Gasteiger partial charge on any atom is 0.187 e. The Labute approximate surface area is 139 Å². The molecule has 1 spiro atoms. The molecule has 23 heavy (non-hydrogen) atoms. The summed E-state index contributed by atoms with van der Waals surface area (Å²) in [5.74, 6) is 0. The van der Waals surface area contributed by atoms with Gasteiger partial charge in [-0.05, 0) is 0 Å². The van der Waals surface area contributed by atoms with Gasteiger partial charge in [-0.1, -0.05) is 41.9 Å². The van der Waals surface area contributed by atoms with Crippen molar-refractivity contribution in [3.05, 3.63) is 35.9 Å². The van der Waals surface area contributed by atoms with Gasteiger partial charge in [0, 0.05) is 19.8 Å². The summed E-state index contributed by atoms with van der Waals surface area (Å²) in [7, 11) is 3.15. The smallest absolute Gasteiger partial charge is 0.187 e. The Morgan fingerprint density at radius 3 is 2.48 bits per heavy atom. The molecule has 0 saturated carbocycles. The third kappa shape index (κ3) is 2.41. The summed E-state index contributed by atoms with van der Waals surface area (Å²) >= 11 is 6.30. The molecular weight excluding hydrogens is 324 g/mol. The van der Waals surface area contributed by atoms with Crippen LogP contribution in [0.2, 0.25) is 0 Å². The number of hydrogen-bond donors (Lipinski definition) is 0. The molecule has 3 heterocycles. The fourth-order valence-corrected chi connectivity index (χ4v) is 3.86. The van der Waals surface area contributed by atoms with Gasteiger partial charge in [-0.15, -0.1) is 0 Å². The molecule has 126 valence electrons. The predicted octanol–water partition coefficient (Wildman–Crippen LogP) is 1.82. The van der Waals surface area contributed by atoms with E-state index in [-0.39, 0.29) is 12.2 Å². The molecule has 0 aliphatic carbocycles. The highest BCUT2D eigenvalue weighted by atomic mass is 35.5. The lowest BCUT2D eigenvalue weighted by Crippen LogP contribution is -2.65. The second-order valence-corrected chi connectivity index (χ2v) is 6.25. The van der Waals surface area contributed by atoms with Crippen molar-refractivity contribution in [1.29, 1.82) is 0 Å². The standard InChI is InChI=1S/C16H19ClO6/c1-18-12-14(19-2)21-10-8-20-13(9-6-4-3-5-7-9)22-11(10)16(12)15(17)23-16/h3-7,10-15H,8H2,1-2H3/t10-,11-,12+,13?,14+,15-,16+/m1/s1. The van der Waals surface area contributed by atoms with E-state index in [4.69, 9.17) is 40.0 Å². The quantitative estimate of drug-likeness (QED) is 0.617. The van der Waals surface area contributed by atoms with E-state index in [2.05, 4.69) is 0 Å². The minimum Gasteiger partial charge on any atom is -0.373 e. The first-order valence-corrected chi connectivity index (χ1v) is 7.99. The van der Waals surface area contributed by atoms with Crippen molar-refractivity contribution in [2.75, 3.05) is 20.8 Å². The van der Waals surface area contributed by atoms with E-state index in [1.54, 1.807) is 14.2 Å². The second-order valence-electron chi connectivity index (χ2n) is 5.86. The van der Waals surface area contributed by atoms with Gasteiger partial charge in [0.1, 0.15) is 18.3 Å². The number of alkyl halides is 1. The molecule has 3 aliphatic rings. The number of rotatable bonds is 3. The van der Waals surface area contributed by atoms with Crippen molar-refractivity contribution in [1.82, 2.24) is 0 Å². The third-order valence-corrected chi connectivity index (χ3v) is 5.06. The molecule has 6 nitrogen and oxygen atoms in total. The van der Waals surface area contributed by atoms with Gasteiger partial charge in [-0.25, -0.2) is 0 Å². The van der Waals surface area contributed by atoms with Crippen molar-refractivity contribution in [3.8, 4) is 0 Å². The Hall–Kier alpha value is -0.730. The number of benzene rings is 1. The molecule has 1 unspecified atom stereocenters. The topological polar surface area (TPSA) is 58.7 Å². The zero-order valence-corrected chi connectivity index (χ0v) is 13.6. The van der Waals surface area contributed by atoms with Crippen molar-refractivity contribution in [3.63, 3.8) is 0 Å². The monoisotopic (exact) mass is 342 g/mol. The molecule has 7 atom stereocenters. The van der Waals surface area contributed by atoms with Gasteiger partial charge in [-0.2, -0.15) is 0 Å². The van der Waals surface area contributed by atoms with Gasteiger partial charge < -0.3 is 28.4 Å². The van der Waals surface area contributed by atoms with E-state index in [1.807, 2.05) is 30.3 Å². The maximum absolute atomic E-state index is 6.30. The molecular formula is C16H19ClO6. The molecule has 3 aliphatic heterocycles.